The van der Waals surface area contributed by atoms with Crippen molar-refractivity contribution in [1.82, 2.24) is 9.80 Å². The molecule has 1 aromatic carbocycles. The Hall–Kier alpha value is -2.06. The molecule has 24 heavy (non-hydrogen) atoms. The van der Waals surface area contributed by atoms with Crippen molar-refractivity contribution in [3.05, 3.63) is 29.8 Å². The average Bonchev–Trinajstić information content (AvgIpc) is 2.52. The number of hydrogen-bond acceptors (Lipinski definition) is 4. The number of carbonyl (C=O) groups excluding carboxylic acids is 1. The van der Waals surface area contributed by atoms with Gasteiger partial charge in [-0.25, -0.2) is 8.78 Å². The molecule has 1 amide bonds. The number of carbonyl (C=O) groups is 2. The van der Waals surface area contributed by atoms with Gasteiger partial charge in [0.05, 0.1) is 5.92 Å². The number of halogens is 2. The molecule has 132 valence electrons. The molecule has 0 bridgehead atoms. The minimum Gasteiger partial charge on any atom is -0.481 e. The SMILES string of the molecule is CN1CCN(C[C@@H](CC(=O)Nc2c(F)cccc2F)C(=O)O)CC1. The van der Waals surface area contributed by atoms with Crippen LogP contribution < -0.4 is 5.32 Å². The number of anilines is 1. The van der Waals surface area contributed by atoms with Crippen LogP contribution >= 0.6 is 0 Å². The van der Waals surface area contributed by atoms with E-state index >= 15 is 0 Å². The summed E-state index contributed by atoms with van der Waals surface area (Å²) in [6.07, 6.45) is -0.338. The zero-order chi connectivity index (χ0) is 17.7. The molecule has 1 heterocycles. The van der Waals surface area contributed by atoms with E-state index in [2.05, 4.69) is 10.2 Å². The van der Waals surface area contributed by atoms with E-state index in [9.17, 15) is 23.5 Å². The molecule has 2 rings (SSSR count). The number of nitrogens with zero attached hydrogens (tertiary/aromatic N) is 2. The standard InChI is InChI=1S/C16H21F2N3O3/c1-20-5-7-21(8-6-20)10-11(16(23)24)9-14(22)19-15-12(17)3-2-4-13(15)18/h2-4,11H,5-10H2,1H3,(H,19,22)(H,23,24)/t11-/m1/s1. The first-order valence-corrected chi connectivity index (χ1v) is 7.74. The van der Waals surface area contributed by atoms with Gasteiger partial charge in [-0.2, -0.15) is 0 Å². The quantitative estimate of drug-likeness (QED) is 0.815. The highest BCUT2D eigenvalue weighted by atomic mass is 19.1. The van der Waals surface area contributed by atoms with E-state index < -0.39 is 35.1 Å². The Bertz CT molecular complexity index is 584. The largest absolute Gasteiger partial charge is 0.481 e. The summed E-state index contributed by atoms with van der Waals surface area (Å²) in [7, 11) is 1.99. The monoisotopic (exact) mass is 341 g/mol. The lowest BCUT2D eigenvalue weighted by molar-refractivity contribution is -0.144. The topological polar surface area (TPSA) is 72.9 Å². The first-order chi connectivity index (χ1) is 11.4. The summed E-state index contributed by atoms with van der Waals surface area (Å²) in [5, 5.41) is 11.4. The summed E-state index contributed by atoms with van der Waals surface area (Å²) in [6, 6.07) is 3.24. The summed E-state index contributed by atoms with van der Waals surface area (Å²) in [4.78, 5) is 27.5. The molecule has 1 aliphatic heterocycles. The minimum absolute atomic E-state index is 0.232. The van der Waals surface area contributed by atoms with E-state index in [-0.39, 0.29) is 13.0 Å². The van der Waals surface area contributed by atoms with Crippen LogP contribution in [0.15, 0.2) is 18.2 Å². The summed E-state index contributed by atoms with van der Waals surface area (Å²) in [6.45, 7) is 3.35. The van der Waals surface area contributed by atoms with E-state index in [1.54, 1.807) is 0 Å². The van der Waals surface area contributed by atoms with Gasteiger partial charge in [-0.1, -0.05) is 6.07 Å². The van der Waals surface area contributed by atoms with Gasteiger partial charge in [0.25, 0.3) is 0 Å². The first-order valence-electron chi connectivity index (χ1n) is 7.74. The molecule has 8 heteroatoms. The highest BCUT2D eigenvalue weighted by molar-refractivity contribution is 5.93. The molecule has 0 radical (unpaired) electrons. The molecule has 1 aromatic rings. The molecule has 0 aromatic heterocycles. The second kappa shape index (κ2) is 8.16. The summed E-state index contributed by atoms with van der Waals surface area (Å²) < 4.78 is 27.1. The Balaban J connectivity index is 1.95. The molecule has 1 fully saturated rings. The molecule has 1 saturated heterocycles. The first kappa shape index (κ1) is 18.3. The summed E-state index contributed by atoms with van der Waals surface area (Å²) in [5.41, 5.74) is -0.550. The van der Waals surface area contributed by atoms with Gasteiger partial charge in [0.15, 0.2) is 0 Å². The lowest BCUT2D eigenvalue weighted by Crippen LogP contribution is -2.47. The fourth-order valence-corrected chi connectivity index (χ4v) is 2.60. The molecule has 0 aliphatic carbocycles. The number of para-hydroxylation sites is 1. The third-order valence-electron chi connectivity index (χ3n) is 4.08. The van der Waals surface area contributed by atoms with Crippen LogP contribution in [0.2, 0.25) is 0 Å². The number of carboxylic acids is 1. The fraction of sp³-hybridized carbons (Fsp3) is 0.500. The van der Waals surface area contributed by atoms with Crippen molar-refractivity contribution in [2.75, 3.05) is 45.1 Å². The highest BCUT2D eigenvalue weighted by Crippen LogP contribution is 2.19. The van der Waals surface area contributed by atoms with Gasteiger partial charge < -0.3 is 15.3 Å². The number of amides is 1. The van der Waals surface area contributed by atoms with E-state index in [1.807, 2.05) is 11.9 Å². The summed E-state index contributed by atoms with van der Waals surface area (Å²) in [5.74, 6) is -4.54. The normalized spacial score (nSPS) is 17.5. The Labute approximate surface area is 139 Å². The molecule has 1 aliphatic rings. The van der Waals surface area contributed by atoms with Crippen molar-refractivity contribution in [1.29, 1.82) is 0 Å². The van der Waals surface area contributed by atoms with Crippen LogP contribution in [0.5, 0.6) is 0 Å². The van der Waals surface area contributed by atoms with Gasteiger partial charge >= 0.3 is 5.97 Å². The highest BCUT2D eigenvalue weighted by Gasteiger charge is 2.26. The Morgan fingerprint density at radius 2 is 1.79 bits per heavy atom. The van der Waals surface area contributed by atoms with Crippen molar-refractivity contribution < 1.29 is 23.5 Å². The number of rotatable bonds is 6. The molecule has 6 nitrogen and oxygen atoms in total. The number of hydrogen-bond donors (Lipinski definition) is 2. The van der Waals surface area contributed by atoms with Gasteiger partial charge in [0.2, 0.25) is 5.91 Å². The van der Waals surface area contributed by atoms with Crippen LogP contribution in [0.4, 0.5) is 14.5 Å². The van der Waals surface area contributed by atoms with Crippen molar-refractivity contribution in [3.63, 3.8) is 0 Å². The van der Waals surface area contributed by atoms with Crippen LogP contribution in [0, 0.1) is 17.6 Å². The number of nitrogens with one attached hydrogen (secondary N) is 1. The van der Waals surface area contributed by atoms with E-state index in [0.717, 1.165) is 38.3 Å². The third-order valence-corrected chi connectivity index (χ3v) is 4.08. The third kappa shape index (κ3) is 4.97. The summed E-state index contributed by atoms with van der Waals surface area (Å²) >= 11 is 0. The predicted octanol–water partition coefficient (Wildman–Crippen LogP) is 1.24. The second-order valence-corrected chi connectivity index (χ2v) is 5.99. The average molecular weight is 341 g/mol. The maximum Gasteiger partial charge on any atom is 0.308 e. The molecular formula is C16H21F2N3O3. The maximum atomic E-state index is 13.5. The van der Waals surface area contributed by atoms with Gasteiger partial charge in [-0.15, -0.1) is 0 Å². The van der Waals surface area contributed by atoms with E-state index in [4.69, 9.17) is 0 Å². The van der Waals surface area contributed by atoms with Crippen LogP contribution in [-0.4, -0.2) is 66.6 Å². The van der Waals surface area contributed by atoms with Gasteiger partial charge in [0, 0.05) is 39.1 Å². The van der Waals surface area contributed by atoms with Crippen LogP contribution in [0.25, 0.3) is 0 Å². The lowest BCUT2D eigenvalue weighted by Gasteiger charge is -2.33. The molecule has 2 N–H and O–H groups in total. The zero-order valence-electron chi connectivity index (χ0n) is 13.5. The van der Waals surface area contributed by atoms with Crippen LogP contribution in [0.3, 0.4) is 0 Å². The number of carboxylic acid groups (broad SMARTS) is 1. The van der Waals surface area contributed by atoms with Gasteiger partial charge in [-0.3, -0.25) is 14.5 Å². The number of benzene rings is 1. The second-order valence-electron chi connectivity index (χ2n) is 5.99. The number of aliphatic carboxylic acids is 1. The Kier molecular flexibility index (Phi) is 6.22. The molecule has 1 atom stereocenters. The van der Waals surface area contributed by atoms with Crippen molar-refractivity contribution >= 4 is 17.6 Å². The smallest absolute Gasteiger partial charge is 0.308 e. The maximum absolute atomic E-state index is 13.5. The molecular weight excluding hydrogens is 320 g/mol. The van der Waals surface area contributed by atoms with Crippen LogP contribution in [-0.2, 0) is 9.59 Å². The zero-order valence-corrected chi connectivity index (χ0v) is 13.5. The molecule has 0 unspecified atom stereocenters. The number of likely N-dealkylation sites (N-methyl/N-ethyl adjacent to an activating group) is 1. The van der Waals surface area contributed by atoms with E-state index in [1.165, 1.54) is 6.07 Å². The predicted molar refractivity (Wildman–Crippen MR) is 84.7 cm³/mol. The van der Waals surface area contributed by atoms with Crippen molar-refractivity contribution in [3.8, 4) is 0 Å². The fourth-order valence-electron chi connectivity index (χ4n) is 2.60. The Morgan fingerprint density at radius 1 is 1.21 bits per heavy atom. The van der Waals surface area contributed by atoms with Gasteiger partial charge in [0.1, 0.15) is 17.3 Å². The number of piperazine rings is 1. The molecule has 0 saturated carbocycles. The minimum atomic E-state index is -1.10. The van der Waals surface area contributed by atoms with Crippen molar-refractivity contribution in [2.45, 2.75) is 6.42 Å². The van der Waals surface area contributed by atoms with Crippen molar-refractivity contribution in [2.24, 2.45) is 5.92 Å². The molecule has 0 spiro atoms. The lowest BCUT2D eigenvalue weighted by atomic mass is 10.0. The Morgan fingerprint density at radius 3 is 2.33 bits per heavy atom. The van der Waals surface area contributed by atoms with Gasteiger partial charge in [-0.05, 0) is 19.2 Å². The van der Waals surface area contributed by atoms with Crippen LogP contribution in [0.1, 0.15) is 6.42 Å². The van der Waals surface area contributed by atoms with E-state index in [0.29, 0.717) is 0 Å².